The molecule has 0 aliphatic heterocycles. The molecule has 0 saturated carbocycles. The van der Waals surface area contributed by atoms with E-state index in [1.54, 1.807) is 0 Å². The first-order chi connectivity index (χ1) is 7.02. The van der Waals surface area contributed by atoms with Gasteiger partial charge < -0.3 is 0 Å². The van der Waals surface area contributed by atoms with Crippen molar-refractivity contribution in [2.75, 3.05) is 0 Å². The van der Waals surface area contributed by atoms with Crippen LogP contribution >= 0.6 is 11.3 Å². The molecule has 0 fully saturated rings. The highest BCUT2D eigenvalue weighted by atomic mass is 32.1. The summed E-state index contributed by atoms with van der Waals surface area (Å²) < 4.78 is 0. The Balaban J connectivity index is 0.000000423. The largest absolute Gasteiger partial charge is 0.149 e. The van der Waals surface area contributed by atoms with Gasteiger partial charge in [-0.2, -0.15) is 0 Å². The molecule has 0 amide bonds. The molecule has 0 bridgehead atoms. The van der Waals surface area contributed by atoms with E-state index in [1.807, 2.05) is 11.3 Å². The van der Waals surface area contributed by atoms with Crippen LogP contribution in [0.15, 0.2) is 17.5 Å². The summed E-state index contributed by atoms with van der Waals surface area (Å²) in [5, 5.41) is 2.16. The van der Waals surface area contributed by atoms with E-state index in [0.717, 1.165) is 11.8 Å². The van der Waals surface area contributed by atoms with Crippen LogP contribution in [0.2, 0.25) is 0 Å². The summed E-state index contributed by atoms with van der Waals surface area (Å²) in [6.45, 7) is 11.1. The van der Waals surface area contributed by atoms with Crippen LogP contribution in [0.5, 0.6) is 0 Å². The maximum absolute atomic E-state index is 2.29. The quantitative estimate of drug-likeness (QED) is 0.646. The molecule has 1 aromatic rings. The van der Waals surface area contributed by atoms with Crippen LogP contribution in [0, 0.1) is 11.8 Å². The summed E-state index contributed by atoms with van der Waals surface area (Å²) in [5.74, 6) is 1.69. The first-order valence-electron chi connectivity index (χ1n) is 6.04. The van der Waals surface area contributed by atoms with E-state index in [2.05, 4.69) is 52.1 Å². The highest BCUT2D eigenvalue weighted by molar-refractivity contribution is 7.09. The monoisotopic (exact) mass is 226 g/mol. The molecule has 1 heteroatoms. The average Bonchev–Trinajstić information content (AvgIpc) is 2.54. The van der Waals surface area contributed by atoms with Gasteiger partial charge in [-0.3, -0.25) is 0 Å². The molecule has 0 unspecified atom stereocenters. The zero-order chi connectivity index (χ0) is 11.7. The van der Waals surface area contributed by atoms with E-state index in [4.69, 9.17) is 0 Å². The summed E-state index contributed by atoms with van der Waals surface area (Å²) >= 11 is 1.87. The summed E-state index contributed by atoms with van der Waals surface area (Å²) in [6, 6.07) is 4.36. The van der Waals surface area contributed by atoms with Crippen LogP contribution in [-0.2, 0) is 6.42 Å². The SMILES string of the molecule is CC(C)C.CC(C)CCCc1cccs1. The van der Waals surface area contributed by atoms with Gasteiger partial charge >= 0.3 is 0 Å². The Bertz CT molecular complexity index is 206. The van der Waals surface area contributed by atoms with E-state index in [0.29, 0.717) is 0 Å². The molecular formula is C14H26S. The number of thiophene rings is 1. The second-order valence-corrected chi connectivity index (χ2v) is 6.13. The molecule has 1 aromatic heterocycles. The van der Waals surface area contributed by atoms with Crippen LogP contribution in [-0.4, -0.2) is 0 Å². The van der Waals surface area contributed by atoms with Gasteiger partial charge in [-0.25, -0.2) is 0 Å². The van der Waals surface area contributed by atoms with Gasteiger partial charge in [0.15, 0.2) is 0 Å². The lowest BCUT2D eigenvalue weighted by atomic mass is 10.1. The number of hydrogen-bond acceptors (Lipinski definition) is 1. The normalized spacial score (nSPS) is 10.3. The molecule has 0 aromatic carbocycles. The van der Waals surface area contributed by atoms with Crippen LogP contribution in [0.25, 0.3) is 0 Å². The number of rotatable bonds is 4. The Hall–Kier alpha value is -0.300. The van der Waals surface area contributed by atoms with Gasteiger partial charge in [0.1, 0.15) is 0 Å². The van der Waals surface area contributed by atoms with E-state index in [1.165, 1.54) is 24.1 Å². The van der Waals surface area contributed by atoms with Crippen molar-refractivity contribution < 1.29 is 0 Å². The van der Waals surface area contributed by atoms with Gasteiger partial charge in [0, 0.05) is 4.88 Å². The van der Waals surface area contributed by atoms with E-state index < -0.39 is 0 Å². The van der Waals surface area contributed by atoms with Gasteiger partial charge in [0.2, 0.25) is 0 Å². The molecule has 0 aliphatic carbocycles. The fourth-order valence-corrected chi connectivity index (χ4v) is 1.89. The average molecular weight is 226 g/mol. The van der Waals surface area contributed by atoms with Crippen LogP contribution in [0.3, 0.4) is 0 Å². The fourth-order valence-electron chi connectivity index (χ4n) is 1.14. The molecule has 0 spiro atoms. The summed E-state index contributed by atoms with van der Waals surface area (Å²) in [7, 11) is 0. The summed E-state index contributed by atoms with van der Waals surface area (Å²) in [4.78, 5) is 1.53. The molecule has 1 heterocycles. The van der Waals surface area contributed by atoms with Crippen molar-refractivity contribution in [2.45, 2.75) is 53.9 Å². The molecular weight excluding hydrogens is 200 g/mol. The highest BCUT2D eigenvalue weighted by Gasteiger charge is 1.96. The zero-order valence-electron chi connectivity index (χ0n) is 10.9. The Morgan fingerprint density at radius 2 is 1.73 bits per heavy atom. The van der Waals surface area contributed by atoms with Crippen LogP contribution < -0.4 is 0 Å². The Kier molecular flexibility index (Phi) is 8.79. The molecule has 15 heavy (non-hydrogen) atoms. The second kappa shape index (κ2) is 8.96. The Morgan fingerprint density at radius 3 is 2.13 bits per heavy atom. The predicted molar refractivity (Wildman–Crippen MR) is 72.6 cm³/mol. The first kappa shape index (κ1) is 14.7. The Morgan fingerprint density at radius 1 is 1.13 bits per heavy atom. The lowest BCUT2D eigenvalue weighted by Gasteiger charge is -2.01. The van der Waals surface area contributed by atoms with Crippen molar-refractivity contribution in [3.8, 4) is 0 Å². The molecule has 0 saturated heterocycles. The van der Waals surface area contributed by atoms with E-state index in [-0.39, 0.29) is 0 Å². The molecule has 0 atom stereocenters. The predicted octanol–water partition coefficient (Wildman–Crippen LogP) is 5.39. The minimum atomic E-state index is 0.833. The molecule has 0 aliphatic rings. The summed E-state index contributed by atoms with van der Waals surface area (Å²) in [5.41, 5.74) is 0. The number of aryl methyl sites for hydroxylation is 1. The minimum Gasteiger partial charge on any atom is -0.149 e. The molecule has 0 nitrogen and oxygen atoms in total. The third-order valence-corrected chi connectivity index (χ3v) is 2.72. The maximum Gasteiger partial charge on any atom is 0.00452 e. The lowest BCUT2D eigenvalue weighted by Crippen LogP contribution is -1.88. The minimum absolute atomic E-state index is 0.833. The smallest absolute Gasteiger partial charge is 0.00452 e. The van der Waals surface area contributed by atoms with Crippen molar-refractivity contribution in [1.82, 2.24) is 0 Å². The maximum atomic E-state index is 2.29. The molecule has 0 radical (unpaired) electrons. The molecule has 1 rings (SSSR count). The molecule has 0 N–H and O–H groups in total. The van der Waals surface area contributed by atoms with E-state index in [9.17, 15) is 0 Å². The van der Waals surface area contributed by atoms with Crippen molar-refractivity contribution in [3.63, 3.8) is 0 Å². The third-order valence-electron chi connectivity index (χ3n) is 1.78. The van der Waals surface area contributed by atoms with Crippen molar-refractivity contribution in [1.29, 1.82) is 0 Å². The van der Waals surface area contributed by atoms with Gasteiger partial charge in [-0.05, 0) is 36.1 Å². The zero-order valence-corrected chi connectivity index (χ0v) is 11.7. The van der Waals surface area contributed by atoms with Gasteiger partial charge in [-0.1, -0.05) is 47.1 Å². The van der Waals surface area contributed by atoms with Gasteiger partial charge in [0.05, 0.1) is 0 Å². The highest BCUT2D eigenvalue weighted by Crippen LogP contribution is 2.13. The fraction of sp³-hybridized carbons (Fsp3) is 0.714. The van der Waals surface area contributed by atoms with Crippen LogP contribution in [0.4, 0.5) is 0 Å². The summed E-state index contributed by atoms with van der Waals surface area (Å²) in [6.07, 6.45) is 3.98. The van der Waals surface area contributed by atoms with Crippen molar-refractivity contribution in [2.24, 2.45) is 11.8 Å². The first-order valence-corrected chi connectivity index (χ1v) is 6.92. The van der Waals surface area contributed by atoms with E-state index >= 15 is 0 Å². The standard InChI is InChI=1S/C10H16S.C4H10/c1-9(2)5-3-6-10-7-4-8-11-10;1-4(2)3/h4,7-9H,3,5-6H2,1-2H3;4H,1-3H3. The second-order valence-electron chi connectivity index (χ2n) is 5.10. The van der Waals surface area contributed by atoms with Crippen LogP contribution in [0.1, 0.15) is 52.3 Å². The molecule has 88 valence electrons. The lowest BCUT2D eigenvalue weighted by molar-refractivity contribution is 0.557. The third kappa shape index (κ3) is 11.6. The van der Waals surface area contributed by atoms with Gasteiger partial charge in [0.25, 0.3) is 0 Å². The van der Waals surface area contributed by atoms with Gasteiger partial charge in [-0.15, -0.1) is 11.3 Å². The Labute approximate surface area is 99.7 Å². The van der Waals surface area contributed by atoms with Crippen molar-refractivity contribution >= 4 is 11.3 Å². The van der Waals surface area contributed by atoms with Crippen molar-refractivity contribution in [3.05, 3.63) is 22.4 Å². The number of hydrogen-bond donors (Lipinski definition) is 0. The topological polar surface area (TPSA) is 0 Å².